The highest BCUT2D eigenvalue weighted by molar-refractivity contribution is 7.93. The van der Waals surface area contributed by atoms with E-state index in [-0.39, 0.29) is 5.54 Å². The third-order valence-corrected chi connectivity index (χ3v) is 7.62. The number of hydrogen-bond donors (Lipinski definition) is 1. The fourth-order valence-corrected chi connectivity index (χ4v) is 6.00. The second-order valence-electron chi connectivity index (χ2n) is 7.49. The average molecular weight is 371 g/mol. The first kappa shape index (κ1) is 17.6. The van der Waals surface area contributed by atoms with Crippen molar-refractivity contribution in [2.24, 2.45) is 5.92 Å². The van der Waals surface area contributed by atoms with Crippen molar-refractivity contribution in [3.8, 4) is 0 Å². The molecule has 4 nitrogen and oxygen atoms in total. The quantitative estimate of drug-likeness (QED) is 0.810. The minimum atomic E-state index is -3.60. The maximum absolute atomic E-state index is 13.6. The molecule has 4 rings (SSSR count). The lowest BCUT2D eigenvalue weighted by Gasteiger charge is -2.32. The SMILES string of the molecule is CCCCc1ccc(S(=O)(=O)N(c2ccccc2)C23CNCC2C3)cc1. The van der Waals surface area contributed by atoms with Crippen molar-refractivity contribution in [2.45, 2.75) is 43.0 Å². The van der Waals surface area contributed by atoms with Crippen molar-refractivity contribution < 1.29 is 8.42 Å². The molecule has 2 atom stereocenters. The molecule has 1 saturated carbocycles. The molecule has 0 bridgehead atoms. The standard InChI is InChI=1S/C21H26N2O2S/c1-2-3-7-17-10-12-20(13-11-17)26(24,25)23(19-8-5-4-6-9-19)21-14-18(21)15-22-16-21/h4-6,8-13,18,22H,2-3,7,14-16H2,1H3. The fraction of sp³-hybridized carbons (Fsp3) is 0.429. The van der Waals surface area contributed by atoms with E-state index in [9.17, 15) is 8.42 Å². The summed E-state index contributed by atoms with van der Waals surface area (Å²) in [5.41, 5.74) is 1.65. The van der Waals surface area contributed by atoms with Crippen LogP contribution in [0.5, 0.6) is 0 Å². The molecule has 5 heteroatoms. The topological polar surface area (TPSA) is 49.4 Å². The summed E-state index contributed by atoms with van der Waals surface area (Å²) in [7, 11) is -3.60. The Morgan fingerprint density at radius 2 is 1.85 bits per heavy atom. The van der Waals surface area contributed by atoms with E-state index in [1.54, 1.807) is 16.4 Å². The molecule has 1 aliphatic carbocycles. The molecular weight excluding hydrogens is 344 g/mol. The maximum atomic E-state index is 13.6. The number of hydrogen-bond acceptors (Lipinski definition) is 3. The number of anilines is 1. The van der Waals surface area contributed by atoms with Gasteiger partial charge in [-0.05, 0) is 55.0 Å². The maximum Gasteiger partial charge on any atom is 0.264 e. The van der Waals surface area contributed by atoms with Gasteiger partial charge in [0.2, 0.25) is 0 Å². The minimum absolute atomic E-state index is 0.304. The largest absolute Gasteiger partial charge is 0.314 e. The van der Waals surface area contributed by atoms with Crippen molar-refractivity contribution in [2.75, 3.05) is 17.4 Å². The number of nitrogens with zero attached hydrogens (tertiary/aromatic N) is 1. The van der Waals surface area contributed by atoms with Gasteiger partial charge in [-0.2, -0.15) is 0 Å². The van der Waals surface area contributed by atoms with Crippen LogP contribution in [-0.4, -0.2) is 27.0 Å². The van der Waals surface area contributed by atoms with Gasteiger partial charge in [-0.3, -0.25) is 4.31 Å². The zero-order chi connectivity index (χ0) is 18.2. The summed E-state index contributed by atoms with van der Waals surface area (Å²) in [6.45, 7) is 3.78. The molecule has 2 aliphatic rings. The molecule has 2 aromatic carbocycles. The van der Waals surface area contributed by atoms with Crippen LogP contribution in [0.4, 0.5) is 5.69 Å². The van der Waals surface area contributed by atoms with E-state index in [4.69, 9.17) is 0 Å². The van der Waals surface area contributed by atoms with Crippen molar-refractivity contribution in [3.05, 3.63) is 60.2 Å². The number of fused-ring (bicyclic) bond motifs is 1. The predicted octanol–water partition coefficient (Wildman–Crippen LogP) is 3.59. The van der Waals surface area contributed by atoms with Gasteiger partial charge >= 0.3 is 0 Å². The van der Waals surface area contributed by atoms with E-state index in [0.29, 0.717) is 10.8 Å². The first-order valence-corrected chi connectivity index (χ1v) is 10.9. The van der Waals surface area contributed by atoms with Crippen molar-refractivity contribution in [3.63, 3.8) is 0 Å². The fourth-order valence-electron chi connectivity index (χ4n) is 4.14. The number of unbranched alkanes of at least 4 members (excludes halogenated alkanes) is 1. The van der Waals surface area contributed by atoms with Gasteiger partial charge in [0, 0.05) is 13.1 Å². The molecule has 0 spiro atoms. The molecule has 0 amide bonds. The summed E-state index contributed by atoms with van der Waals surface area (Å²) in [5.74, 6) is 0.404. The van der Waals surface area contributed by atoms with Crippen LogP contribution in [0.1, 0.15) is 31.7 Å². The summed E-state index contributed by atoms with van der Waals surface area (Å²) in [4.78, 5) is 0.383. The van der Waals surface area contributed by atoms with Crippen molar-refractivity contribution in [1.82, 2.24) is 5.32 Å². The van der Waals surface area contributed by atoms with Gasteiger partial charge in [-0.25, -0.2) is 8.42 Å². The van der Waals surface area contributed by atoms with Gasteiger partial charge in [0.15, 0.2) is 0 Å². The summed E-state index contributed by atoms with van der Waals surface area (Å²) in [5, 5.41) is 3.36. The smallest absolute Gasteiger partial charge is 0.264 e. The van der Waals surface area contributed by atoms with E-state index in [1.807, 2.05) is 42.5 Å². The number of rotatable bonds is 7. The zero-order valence-corrected chi connectivity index (χ0v) is 16.0. The highest BCUT2D eigenvalue weighted by Gasteiger charge is 2.64. The number of para-hydroxylation sites is 1. The number of sulfonamides is 1. The number of benzene rings is 2. The molecular formula is C21H26N2O2S. The first-order chi connectivity index (χ1) is 12.6. The van der Waals surface area contributed by atoms with Crippen LogP contribution in [-0.2, 0) is 16.4 Å². The van der Waals surface area contributed by atoms with E-state index in [1.165, 1.54) is 5.56 Å². The summed E-state index contributed by atoms with van der Waals surface area (Å²) in [6, 6.07) is 17.0. The van der Waals surface area contributed by atoms with Gasteiger partial charge in [0.1, 0.15) is 0 Å². The summed E-state index contributed by atoms with van der Waals surface area (Å²) < 4.78 is 28.8. The van der Waals surface area contributed by atoms with Crippen LogP contribution in [0.25, 0.3) is 0 Å². The number of aryl methyl sites for hydroxylation is 1. The lowest BCUT2D eigenvalue weighted by atomic mass is 10.1. The number of piperidine rings is 1. The molecule has 1 heterocycles. The van der Waals surface area contributed by atoms with Crippen molar-refractivity contribution in [1.29, 1.82) is 0 Å². The summed E-state index contributed by atoms with van der Waals surface area (Å²) >= 11 is 0. The van der Waals surface area contributed by atoms with Crippen LogP contribution in [0.15, 0.2) is 59.5 Å². The van der Waals surface area contributed by atoms with Crippen LogP contribution >= 0.6 is 0 Å². The van der Waals surface area contributed by atoms with Crippen LogP contribution in [0, 0.1) is 5.92 Å². The Bertz CT molecular complexity index is 865. The third-order valence-electron chi connectivity index (χ3n) is 5.70. The van der Waals surface area contributed by atoms with Crippen LogP contribution in [0.2, 0.25) is 0 Å². The Balaban J connectivity index is 1.71. The zero-order valence-electron chi connectivity index (χ0n) is 15.2. The second kappa shape index (κ2) is 6.71. The molecule has 138 valence electrons. The lowest BCUT2D eigenvalue weighted by molar-refractivity contribution is 0.569. The van der Waals surface area contributed by atoms with E-state index in [2.05, 4.69) is 12.2 Å². The van der Waals surface area contributed by atoms with E-state index < -0.39 is 10.0 Å². The monoisotopic (exact) mass is 370 g/mol. The highest BCUT2D eigenvalue weighted by atomic mass is 32.2. The van der Waals surface area contributed by atoms with E-state index >= 15 is 0 Å². The molecule has 2 unspecified atom stereocenters. The predicted molar refractivity (Wildman–Crippen MR) is 105 cm³/mol. The highest BCUT2D eigenvalue weighted by Crippen LogP contribution is 2.54. The molecule has 1 saturated heterocycles. The number of nitrogens with one attached hydrogen (secondary N) is 1. The molecule has 0 aromatic heterocycles. The Morgan fingerprint density at radius 1 is 1.12 bits per heavy atom. The Morgan fingerprint density at radius 3 is 2.42 bits per heavy atom. The minimum Gasteiger partial charge on any atom is -0.314 e. The van der Waals surface area contributed by atoms with Gasteiger partial charge in [0.25, 0.3) is 10.0 Å². The Kier molecular flexibility index (Phi) is 4.53. The molecule has 2 fully saturated rings. The van der Waals surface area contributed by atoms with Crippen LogP contribution < -0.4 is 9.62 Å². The van der Waals surface area contributed by atoms with Crippen LogP contribution in [0.3, 0.4) is 0 Å². The first-order valence-electron chi connectivity index (χ1n) is 9.48. The van der Waals surface area contributed by atoms with Crippen molar-refractivity contribution >= 4 is 15.7 Å². The van der Waals surface area contributed by atoms with Gasteiger partial charge in [0.05, 0.1) is 16.1 Å². The Hall–Kier alpha value is -1.85. The molecule has 1 aliphatic heterocycles. The molecule has 26 heavy (non-hydrogen) atoms. The Labute approximate surface area is 156 Å². The van der Waals surface area contributed by atoms with Gasteiger partial charge in [-0.1, -0.05) is 43.7 Å². The van der Waals surface area contributed by atoms with E-state index in [0.717, 1.165) is 44.5 Å². The molecule has 2 aromatic rings. The summed E-state index contributed by atoms with van der Waals surface area (Å²) in [6.07, 6.45) is 4.19. The molecule has 0 radical (unpaired) electrons. The van der Waals surface area contributed by atoms with Gasteiger partial charge < -0.3 is 5.32 Å². The van der Waals surface area contributed by atoms with Gasteiger partial charge in [-0.15, -0.1) is 0 Å². The normalized spacial score (nSPS) is 24.3. The second-order valence-corrected chi connectivity index (χ2v) is 9.27. The average Bonchev–Trinajstić information content (AvgIpc) is 3.20. The third kappa shape index (κ3) is 2.93. The lowest BCUT2D eigenvalue weighted by Crippen LogP contribution is -2.46. The molecule has 1 N–H and O–H groups in total.